The molecule has 144 valence electrons. The minimum atomic E-state index is -0.595. The smallest absolute Gasteiger partial charge is 0.315 e. The molecule has 3 rings (SSSR count). The Balaban J connectivity index is 2.03. The standard InChI is InChI=1S/C21H19BrN2O2S2/c1-3-26-21(25)18-13(2)24-20(28-12-16-5-4-10-27-16)17(11-23)19(18)14-6-8-15(22)9-7-14/h4-10,18-19H,3,12H2,1-2H3/t18?,19-/m0/s1. The summed E-state index contributed by atoms with van der Waals surface area (Å²) in [7, 11) is 0. The minimum absolute atomic E-state index is 0.293. The molecule has 7 heteroatoms. The van der Waals surface area contributed by atoms with Gasteiger partial charge < -0.3 is 4.74 Å². The van der Waals surface area contributed by atoms with E-state index in [4.69, 9.17) is 4.74 Å². The summed E-state index contributed by atoms with van der Waals surface area (Å²) in [5, 5.41) is 12.7. The zero-order valence-corrected chi connectivity index (χ0v) is 18.7. The summed E-state index contributed by atoms with van der Waals surface area (Å²) in [6, 6.07) is 14.1. The van der Waals surface area contributed by atoms with E-state index in [9.17, 15) is 10.1 Å². The summed E-state index contributed by atoms with van der Waals surface area (Å²) in [4.78, 5) is 18.6. The first-order chi connectivity index (χ1) is 13.5. The highest BCUT2D eigenvalue weighted by atomic mass is 79.9. The van der Waals surface area contributed by atoms with Crippen molar-refractivity contribution in [2.75, 3.05) is 6.61 Å². The third-order valence-corrected chi connectivity index (χ3v) is 7.05. The molecule has 2 atom stereocenters. The number of allylic oxidation sites excluding steroid dienone is 1. The van der Waals surface area contributed by atoms with Gasteiger partial charge >= 0.3 is 5.97 Å². The number of esters is 1. The number of ether oxygens (including phenoxy) is 1. The highest BCUT2D eigenvalue weighted by Gasteiger charge is 2.40. The van der Waals surface area contributed by atoms with E-state index >= 15 is 0 Å². The Labute approximate surface area is 181 Å². The quantitative estimate of drug-likeness (QED) is 0.487. The number of thiophene rings is 1. The van der Waals surface area contributed by atoms with Crippen LogP contribution in [-0.2, 0) is 15.3 Å². The fourth-order valence-electron chi connectivity index (χ4n) is 3.16. The van der Waals surface area contributed by atoms with Crippen molar-refractivity contribution in [1.82, 2.24) is 0 Å². The molecule has 1 aromatic carbocycles. The van der Waals surface area contributed by atoms with Gasteiger partial charge in [0.15, 0.2) is 0 Å². The number of halogens is 1. The van der Waals surface area contributed by atoms with Gasteiger partial charge in [-0.05, 0) is 43.0 Å². The van der Waals surface area contributed by atoms with E-state index in [2.05, 4.69) is 33.1 Å². The molecule has 28 heavy (non-hydrogen) atoms. The molecule has 1 unspecified atom stereocenters. The predicted molar refractivity (Wildman–Crippen MR) is 118 cm³/mol. The van der Waals surface area contributed by atoms with Gasteiger partial charge in [0.05, 0.1) is 18.2 Å². The van der Waals surface area contributed by atoms with Crippen LogP contribution in [-0.4, -0.2) is 18.3 Å². The topological polar surface area (TPSA) is 62.4 Å². The van der Waals surface area contributed by atoms with Gasteiger partial charge in [0.1, 0.15) is 10.9 Å². The molecule has 0 aliphatic carbocycles. The van der Waals surface area contributed by atoms with E-state index < -0.39 is 11.8 Å². The molecule has 0 saturated carbocycles. The van der Waals surface area contributed by atoms with Crippen molar-refractivity contribution in [3.8, 4) is 6.07 Å². The average Bonchev–Trinajstić information content (AvgIpc) is 3.20. The molecular formula is C21H19BrN2O2S2. The van der Waals surface area contributed by atoms with Gasteiger partial charge in [-0.3, -0.25) is 4.79 Å². The van der Waals surface area contributed by atoms with Crippen molar-refractivity contribution in [2.24, 2.45) is 10.9 Å². The van der Waals surface area contributed by atoms with Crippen LogP contribution in [0.3, 0.4) is 0 Å². The number of hydrogen-bond acceptors (Lipinski definition) is 6. The van der Waals surface area contributed by atoms with Crippen LogP contribution in [0, 0.1) is 17.2 Å². The second kappa shape index (κ2) is 9.55. The summed E-state index contributed by atoms with van der Waals surface area (Å²) < 4.78 is 6.25. The second-order valence-corrected chi connectivity index (χ2v) is 9.12. The largest absolute Gasteiger partial charge is 0.465 e. The fraction of sp³-hybridized carbons (Fsp3) is 0.286. The SMILES string of the molecule is CCOC(=O)C1C(C)=NC(SCc2cccs2)=C(C#N)[C@@H]1c1ccc(Br)cc1. The first kappa shape index (κ1) is 20.8. The zero-order valence-electron chi connectivity index (χ0n) is 15.5. The molecule has 0 bridgehead atoms. The van der Waals surface area contributed by atoms with Crippen molar-refractivity contribution < 1.29 is 9.53 Å². The fourth-order valence-corrected chi connectivity index (χ4v) is 5.27. The van der Waals surface area contributed by atoms with Gasteiger partial charge in [-0.15, -0.1) is 11.3 Å². The van der Waals surface area contributed by atoms with Crippen molar-refractivity contribution in [1.29, 1.82) is 5.26 Å². The lowest BCUT2D eigenvalue weighted by atomic mass is 9.77. The first-order valence-corrected chi connectivity index (χ1v) is 11.5. The number of carbonyl (C=O) groups is 1. The summed E-state index contributed by atoms with van der Waals surface area (Å²) in [5.74, 6) is -0.597. The molecule has 0 fully saturated rings. The van der Waals surface area contributed by atoms with E-state index in [1.54, 1.807) is 18.3 Å². The van der Waals surface area contributed by atoms with Crippen LogP contribution in [0.15, 0.2) is 61.8 Å². The summed E-state index contributed by atoms with van der Waals surface area (Å²) in [6.07, 6.45) is 0. The Hall–Kier alpha value is -1.88. The highest BCUT2D eigenvalue weighted by Crippen LogP contribution is 2.43. The van der Waals surface area contributed by atoms with Crippen LogP contribution < -0.4 is 0 Å². The lowest BCUT2D eigenvalue weighted by molar-refractivity contribution is -0.146. The molecule has 0 saturated heterocycles. The summed E-state index contributed by atoms with van der Waals surface area (Å²) in [5.41, 5.74) is 2.10. The minimum Gasteiger partial charge on any atom is -0.465 e. The molecule has 0 radical (unpaired) electrons. The summed E-state index contributed by atoms with van der Waals surface area (Å²) in [6.45, 7) is 3.92. The number of nitrogens with zero attached hydrogens (tertiary/aromatic N) is 2. The monoisotopic (exact) mass is 474 g/mol. The third kappa shape index (κ3) is 4.57. The number of nitriles is 1. The average molecular weight is 475 g/mol. The number of hydrogen-bond donors (Lipinski definition) is 0. The van der Waals surface area contributed by atoms with Crippen molar-refractivity contribution in [2.45, 2.75) is 25.5 Å². The number of benzene rings is 1. The molecule has 1 aliphatic rings. The van der Waals surface area contributed by atoms with E-state index in [-0.39, 0.29) is 5.97 Å². The Morgan fingerprint density at radius 3 is 2.71 bits per heavy atom. The number of carbonyl (C=O) groups excluding carboxylic acids is 1. The Morgan fingerprint density at radius 2 is 2.11 bits per heavy atom. The van der Waals surface area contributed by atoms with Gasteiger partial charge in [-0.25, -0.2) is 4.99 Å². The van der Waals surface area contributed by atoms with Crippen molar-refractivity contribution >= 4 is 50.7 Å². The van der Waals surface area contributed by atoms with E-state index in [0.717, 1.165) is 15.8 Å². The molecular weight excluding hydrogens is 456 g/mol. The second-order valence-electron chi connectivity index (χ2n) is 6.21. The first-order valence-electron chi connectivity index (χ1n) is 8.81. The van der Waals surface area contributed by atoms with Crippen LogP contribution in [0.2, 0.25) is 0 Å². The maximum absolute atomic E-state index is 12.7. The molecule has 0 amide bonds. The molecule has 2 aromatic rings. The Morgan fingerprint density at radius 1 is 1.36 bits per heavy atom. The molecule has 0 N–H and O–H groups in total. The number of thioether (sulfide) groups is 1. The van der Waals surface area contributed by atoms with Gasteiger partial charge in [-0.2, -0.15) is 5.26 Å². The Kier molecular flexibility index (Phi) is 7.11. The summed E-state index contributed by atoms with van der Waals surface area (Å²) >= 11 is 6.66. The number of rotatable bonds is 6. The van der Waals surface area contributed by atoms with Crippen LogP contribution in [0.5, 0.6) is 0 Å². The lowest BCUT2D eigenvalue weighted by Crippen LogP contribution is -2.34. The van der Waals surface area contributed by atoms with Crippen LogP contribution in [0.1, 0.15) is 30.2 Å². The van der Waals surface area contributed by atoms with Gasteiger partial charge in [0.2, 0.25) is 0 Å². The molecule has 4 nitrogen and oxygen atoms in total. The normalized spacial score (nSPS) is 19.1. The zero-order chi connectivity index (χ0) is 20.1. The molecule has 1 aliphatic heterocycles. The van der Waals surface area contributed by atoms with Crippen LogP contribution in [0.4, 0.5) is 0 Å². The maximum atomic E-state index is 12.7. The molecule has 0 spiro atoms. The van der Waals surface area contributed by atoms with Crippen LogP contribution in [0.25, 0.3) is 0 Å². The van der Waals surface area contributed by atoms with E-state index in [1.165, 1.54) is 16.6 Å². The van der Waals surface area contributed by atoms with Gasteiger partial charge in [-0.1, -0.05) is 45.9 Å². The molecule has 1 aromatic heterocycles. The van der Waals surface area contributed by atoms with Gasteiger partial charge in [0.25, 0.3) is 0 Å². The highest BCUT2D eigenvalue weighted by molar-refractivity contribution is 9.10. The maximum Gasteiger partial charge on any atom is 0.315 e. The third-order valence-electron chi connectivity index (χ3n) is 4.42. The van der Waals surface area contributed by atoms with Crippen molar-refractivity contribution in [3.05, 3.63) is 67.3 Å². The van der Waals surface area contributed by atoms with Crippen LogP contribution >= 0.6 is 39.0 Å². The predicted octanol–water partition coefficient (Wildman–Crippen LogP) is 5.92. The van der Waals surface area contributed by atoms with Crippen molar-refractivity contribution in [3.63, 3.8) is 0 Å². The molecule has 2 heterocycles. The van der Waals surface area contributed by atoms with E-state index in [0.29, 0.717) is 22.9 Å². The Bertz CT molecular complexity index is 944. The van der Waals surface area contributed by atoms with Gasteiger partial charge in [0, 0.05) is 26.7 Å². The lowest BCUT2D eigenvalue weighted by Gasteiger charge is -2.30. The van der Waals surface area contributed by atoms with E-state index in [1.807, 2.05) is 42.6 Å². The number of aliphatic imine (C=N–C) groups is 1.